The number of likely N-dealkylation sites (N-methyl/N-ethyl adjacent to an activating group) is 1. The summed E-state index contributed by atoms with van der Waals surface area (Å²) in [5, 5.41) is 11.7. The normalized spacial score (nSPS) is 13.1. The van der Waals surface area contributed by atoms with Crippen molar-refractivity contribution >= 4 is 17.9 Å². The van der Waals surface area contributed by atoms with Gasteiger partial charge in [0.15, 0.2) is 6.10 Å². The predicted molar refractivity (Wildman–Crippen MR) is 268 cm³/mol. The summed E-state index contributed by atoms with van der Waals surface area (Å²) in [4.78, 5) is 37.1. The molecule has 0 bridgehead atoms. The average molecular weight is 902 g/mol. The zero-order valence-corrected chi connectivity index (χ0v) is 42.7. The minimum atomic E-state index is -1.12. The van der Waals surface area contributed by atoms with Crippen molar-refractivity contribution in [3.05, 3.63) is 36.5 Å². The molecular formula is C56H103NO7. The van der Waals surface area contributed by atoms with Gasteiger partial charge in [-0.1, -0.05) is 224 Å². The molecule has 2 unspecified atom stereocenters. The van der Waals surface area contributed by atoms with Crippen molar-refractivity contribution < 1.29 is 38.2 Å². The van der Waals surface area contributed by atoms with Gasteiger partial charge < -0.3 is 28.6 Å². The molecule has 0 aliphatic carbocycles. The van der Waals surface area contributed by atoms with Crippen LogP contribution in [0, 0.1) is 0 Å². The lowest BCUT2D eigenvalue weighted by Crippen LogP contribution is -2.55. The molecule has 0 fully saturated rings. The highest BCUT2D eigenvalue weighted by atomic mass is 16.6. The van der Waals surface area contributed by atoms with Gasteiger partial charge in [-0.15, -0.1) is 0 Å². The van der Waals surface area contributed by atoms with E-state index in [0.29, 0.717) is 12.8 Å². The van der Waals surface area contributed by atoms with Crippen molar-refractivity contribution in [1.82, 2.24) is 0 Å². The lowest BCUT2D eigenvalue weighted by Gasteiger charge is -2.34. The number of aliphatic carboxylic acids is 1. The fourth-order valence-corrected chi connectivity index (χ4v) is 8.15. The Hall–Kier alpha value is -2.45. The molecule has 0 N–H and O–H groups in total. The third-order valence-corrected chi connectivity index (χ3v) is 12.3. The summed E-state index contributed by atoms with van der Waals surface area (Å²) in [6.45, 7) is 4.59. The topological polar surface area (TPSA) is 102 Å². The molecule has 0 radical (unpaired) electrons. The van der Waals surface area contributed by atoms with Crippen molar-refractivity contribution in [2.75, 3.05) is 41.0 Å². The second-order valence-corrected chi connectivity index (χ2v) is 19.4. The standard InChI is InChI=1S/C56H103NO7/c1-6-8-10-12-14-16-18-20-22-24-26-27-29-31-33-35-37-39-41-43-45-47-55(59)64-52(50-62-49-48-53(56(60)61)57(3,4)5)51-63-54(58)46-44-42-40-38-36-34-32-30-28-25-23-21-19-17-15-13-11-9-7-2/h9,11,15,17,21,23,52-53H,6-8,10,12-14,16,18-20,22,24-51H2,1-5H3/b11-9+,17-15+,23-21+. The van der Waals surface area contributed by atoms with Crippen molar-refractivity contribution in [2.24, 2.45) is 0 Å². The van der Waals surface area contributed by atoms with Crippen LogP contribution >= 0.6 is 0 Å². The second kappa shape index (κ2) is 47.1. The van der Waals surface area contributed by atoms with Gasteiger partial charge in [-0.3, -0.25) is 9.59 Å². The number of carboxylic acid groups (broad SMARTS) is 1. The maximum absolute atomic E-state index is 12.8. The van der Waals surface area contributed by atoms with Gasteiger partial charge in [0.25, 0.3) is 0 Å². The van der Waals surface area contributed by atoms with E-state index in [-0.39, 0.29) is 42.7 Å². The summed E-state index contributed by atoms with van der Waals surface area (Å²) < 4.78 is 17.3. The Morgan fingerprint density at radius 3 is 1.30 bits per heavy atom. The van der Waals surface area contributed by atoms with Crippen molar-refractivity contribution in [3.8, 4) is 0 Å². The van der Waals surface area contributed by atoms with Crippen molar-refractivity contribution in [3.63, 3.8) is 0 Å². The number of esters is 2. The number of ether oxygens (including phenoxy) is 3. The number of allylic oxidation sites excluding steroid dienone is 6. The molecule has 64 heavy (non-hydrogen) atoms. The molecule has 0 saturated carbocycles. The molecule has 0 aliphatic rings. The minimum Gasteiger partial charge on any atom is -0.544 e. The van der Waals surface area contributed by atoms with E-state index in [1.807, 2.05) is 21.1 Å². The summed E-state index contributed by atoms with van der Waals surface area (Å²) in [5.74, 6) is -1.72. The van der Waals surface area contributed by atoms with Crippen molar-refractivity contribution in [1.29, 1.82) is 0 Å². The molecule has 0 rings (SSSR count). The van der Waals surface area contributed by atoms with E-state index in [0.717, 1.165) is 64.2 Å². The molecule has 0 aliphatic heterocycles. The maximum atomic E-state index is 12.8. The highest BCUT2D eigenvalue weighted by molar-refractivity contribution is 5.70. The number of nitrogens with zero attached hydrogens (tertiary/aromatic N) is 1. The molecule has 0 saturated heterocycles. The minimum absolute atomic E-state index is 0.0426. The van der Waals surface area contributed by atoms with Gasteiger partial charge in [0, 0.05) is 19.3 Å². The first-order valence-electron chi connectivity index (χ1n) is 27.0. The molecule has 0 aromatic heterocycles. The largest absolute Gasteiger partial charge is 0.544 e. The van der Waals surface area contributed by atoms with Crippen LogP contribution in [0.5, 0.6) is 0 Å². The first kappa shape index (κ1) is 61.5. The highest BCUT2D eigenvalue weighted by Gasteiger charge is 2.25. The maximum Gasteiger partial charge on any atom is 0.306 e. The number of rotatable bonds is 49. The van der Waals surface area contributed by atoms with Gasteiger partial charge in [-0.05, 0) is 44.9 Å². The zero-order valence-electron chi connectivity index (χ0n) is 42.7. The molecule has 0 spiro atoms. The molecule has 0 aromatic carbocycles. The monoisotopic (exact) mass is 902 g/mol. The highest BCUT2D eigenvalue weighted by Crippen LogP contribution is 2.17. The summed E-state index contributed by atoms with van der Waals surface area (Å²) in [6, 6.07) is -0.725. The Morgan fingerprint density at radius 1 is 0.484 bits per heavy atom. The first-order chi connectivity index (χ1) is 31.1. The van der Waals surface area contributed by atoms with Crippen LogP contribution in [-0.4, -0.2) is 75.5 Å². The van der Waals surface area contributed by atoms with Gasteiger partial charge >= 0.3 is 11.9 Å². The van der Waals surface area contributed by atoms with Crippen LogP contribution in [0.25, 0.3) is 0 Å². The molecular weight excluding hydrogens is 799 g/mol. The quantitative estimate of drug-likeness (QED) is 0.0259. The van der Waals surface area contributed by atoms with E-state index in [9.17, 15) is 19.5 Å². The second-order valence-electron chi connectivity index (χ2n) is 19.4. The summed E-state index contributed by atoms with van der Waals surface area (Å²) in [6.07, 6.45) is 56.1. The summed E-state index contributed by atoms with van der Waals surface area (Å²) in [5.41, 5.74) is 0. The predicted octanol–water partition coefficient (Wildman–Crippen LogP) is 14.4. The number of carbonyl (C=O) groups excluding carboxylic acids is 3. The number of carbonyl (C=O) groups is 3. The Labute approximate surface area is 395 Å². The van der Waals surface area contributed by atoms with E-state index in [1.54, 1.807) is 0 Å². The number of hydrogen-bond donors (Lipinski definition) is 0. The third kappa shape index (κ3) is 44.7. The van der Waals surface area contributed by atoms with Gasteiger partial charge in [-0.2, -0.15) is 0 Å². The third-order valence-electron chi connectivity index (χ3n) is 12.3. The SMILES string of the molecule is CC/C=C/C/C=C/C/C=C/CCCCCCCCCCCC(=O)OCC(COCCC(C(=O)[O-])[N+](C)(C)C)OC(=O)CCCCCCCCCCCCCCCCCCCCCCC. The number of hydrogen-bond acceptors (Lipinski definition) is 7. The van der Waals surface area contributed by atoms with Crippen LogP contribution in [-0.2, 0) is 28.6 Å². The lowest BCUT2D eigenvalue weighted by molar-refractivity contribution is -0.889. The van der Waals surface area contributed by atoms with Crippen LogP contribution in [0.2, 0.25) is 0 Å². The van der Waals surface area contributed by atoms with Gasteiger partial charge in [0.2, 0.25) is 0 Å². The number of quaternary nitrogens is 1. The van der Waals surface area contributed by atoms with Gasteiger partial charge in [0.05, 0.1) is 40.3 Å². The summed E-state index contributed by atoms with van der Waals surface area (Å²) in [7, 11) is 5.42. The Kier molecular flexibility index (Phi) is 45.3. The fraction of sp³-hybridized carbons (Fsp3) is 0.839. The molecule has 374 valence electrons. The van der Waals surface area contributed by atoms with Crippen LogP contribution in [0.3, 0.4) is 0 Å². The average Bonchev–Trinajstić information content (AvgIpc) is 3.26. The summed E-state index contributed by atoms with van der Waals surface area (Å²) >= 11 is 0. The fourth-order valence-electron chi connectivity index (χ4n) is 8.15. The Morgan fingerprint density at radius 2 is 0.875 bits per heavy atom. The zero-order chi connectivity index (χ0) is 47.0. The van der Waals surface area contributed by atoms with E-state index >= 15 is 0 Å². The molecule has 0 heterocycles. The van der Waals surface area contributed by atoms with E-state index < -0.39 is 18.1 Å². The Bertz CT molecular complexity index is 1140. The van der Waals surface area contributed by atoms with Crippen LogP contribution < -0.4 is 5.11 Å². The van der Waals surface area contributed by atoms with E-state index in [1.165, 1.54) is 154 Å². The first-order valence-corrected chi connectivity index (χ1v) is 27.0. The van der Waals surface area contributed by atoms with Crippen LogP contribution in [0.15, 0.2) is 36.5 Å². The van der Waals surface area contributed by atoms with Crippen LogP contribution in [0.4, 0.5) is 0 Å². The van der Waals surface area contributed by atoms with Gasteiger partial charge in [-0.25, -0.2) is 0 Å². The Balaban J connectivity index is 4.18. The number of unbranched alkanes of at least 4 members (excludes halogenated alkanes) is 29. The molecule has 8 nitrogen and oxygen atoms in total. The lowest BCUT2D eigenvalue weighted by atomic mass is 10.0. The van der Waals surface area contributed by atoms with Crippen molar-refractivity contribution in [2.45, 2.75) is 264 Å². The smallest absolute Gasteiger partial charge is 0.306 e. The molecule has 8 heteroatoms. The number of carboxylic acids is 1. The van der Waals surface area contributed by atoms with E-state index in [4.69, 9.17) is 14.2 Å². The molecule has 0 amide bonds. The molecule has 2 atom stereocenters. The van der Waals surface area contributed by atoms with Crippen LogP contribution in [0.1, 0.15) is 251 Å². The van der Waals surface area contributed by atoms with E-state index in [2.05, 4.69) is 50.3 Å². The van der Waals surface area contributed by atoms with Gasteiger partial charge in [0.1, 0.15) is 12.6 Å². The molecule has 0 aromatic rings.